The highest BCUT2D eigenvalue weighted by molar-refractivity contribution is 7.92. The van der Waals surface area contributed by atoms with E-state index in [9.17, 15) is 8.42 Å². The minimum atomic E-state index is -3.68. The molecule has 29 heavy (non-hydrogen) atoms. The van der Waals surface area contributed by atoms with E-state index < -0.39 is 10.0 Å². The number of nitrogens with zero attached hydrogens (tertiary/aromatic N) is 4. The van der Waals surface area contributed by atoms with Gasteiger partial charge in [-0.2, -0.15) is 0 Å². The van der Waals surface area contributed by atoms with Crippen molar-refractivity contribution in [3.63, 3.8) is 0 Å². The predicted molar refractivity (Wildman–Crippen MR) is 117 cm³/mol. The van der Waals surface area contributed by atoms with Gasteiger partial charge in [-0.05, 0) is 30.5 Å². The lowest BCUT2D eigenvalue weighted by atomic mass is 10.0. The van der Waals surface area contributed by atoms with Gasteiger partial charge < -0.3 is 4.90 Å². The summed E-state index contributed by atoms with van der Waals surface area (Å²) in [5.41, 5.74) is 1.44. The Hall–Kier alpha value is -2.45. The summed E-state index contributed by atoms with van der Waals surface area (Å²) < 4.78 is 27.8. The number of nitrogens with one attached hydrogen (secondary N) is 1. The lowest BCUT2D eigenvalue weighted by Crippen LogP contribution is -2.52. The zero-order valence-electron chi connectivity index (χ0n) is 17.2. The Balaban J connectivity index is 1.66. The topological polar surface area (TPSA) is 78.4 Å². The van der Waals surface area contributed by atoms with E-state index in [0.29, 0.717) is 23.6 Å². The van der Waals surface area contributed by atoms with Gasteiger partial charge in [-0.3, -0.25) is 9.62 Å². The summed E-state index contributed by atoms with van der Waals surface area (Å²) in [6, 6.07) is 7.30. The largest absolute Gasteiger partial charge is 0.338 e. The quantitative estimate of drug-likeness (QED) is 0.700. The van der Waals surface area contributed by atoms with Crippen LogP contribution in [0.1, 0.15) is 32.3 Å². The van der Waals surface area contributed by atoms with Crippen LogP contribution in [0.4, 0.5) is 11.6 Å². The maximum Gasteiger partial charge on any atom is 0.261 e. The standard InChI is InChI=1S/C21H29N5O2S/c1-5-10-25-11-12-26(15-17(25)4)21-22-13-19(14-23-21)24-29(27,28)20-8-6-18(7-9-20)16(2)3/h5-9,13-14,16-17,24H,1,10-12,15H2,2-4H3/t17-/m0/s1. The molecule has 7 nitrogen and oxygen atoms in total. The molecule has 1 aromatic carbocycles. The fourth-order valence-corrected chi connectivity index (χ4v) is 4.43. The first-order valence-corrected chi connectivity index (χ1v) is 11.3. The van der Waals surface area contributed by atoms with Crippen LogP contribution in [0, 0.1) is 0 Å². The number of benzene rings is 1. The molecule has 0 saturated carbocycles. The zero-order valence-corrected chi connectivity index (χ0v) is 18.1. The fraction of sp³-hybridized carbons (Fsp3) is 0.429. The number of rotatable bonds is 7. The molecular formula is C21H29N5O2S. The molecule has 1 saturated heterocycles. The molecule has 0 unspecified atom stereocenters. The third-order valence-electron chi connectivity index (χ3n) is 5.16. The molecule has 1 atom stereocenters. The van der Waals surface area contributed by atoms with Crippen LogP contribution in [0.2, 0.25) is 0 Å². The van der Waals surface area contributed by atoms with Crippen LogP contribution in [0.15, 0.2) is 54.2 Å². The van der Waals surface area contributed by atoms with Crippen LogP contribution in [0.25, 0.3) is 0 Å². The van der Waals surface area contributed by atoms with Crippen molar-refractivity contribution in [1.29, 1.82) is 0 Å². The number of sulfonamides is 1. The Bertz CT molecular complexity index is 927. The number of aromatic nitrogens is 2. The summed E-state index contributed by atoms with van der Waals surface area (Å²) in [6.45, 7) is 13.5. The molecule has 156 valence electrons. The van der Waals surface area contributed by atoms with Crippen molar-refractivity contribution in [1.82, 2.24) is 14.9 Å². The monoisotopic (exact) mass is 415 g/mol. The van der Waals surface area contributed by atoms with Crippen LogP contribution in [-0.2, 0) is 10.0 Å². The first-order valence-electron chi connectivity index (χ1n) is 9.85. The summed E-state index contributed by atoms with van der Waals surface area (Å²) in [5.74, 6) is 0.960. The first-order chi connectivity index (χ1) is 13.8. The molecule has 2 heterocycles. The second kappa shape index (κ2) is 8.92. The lowest BCUT2D eigenvalue weighted by molar-refractivity contribution is 0.209. The minimum absolute atomic E-state index is 0.221. The van der Waals surface area contributed by atoms with Crippen LogP contribution in [-0.4, -0.2) is 55.5 Å². The second-order valence-corrected chi connectivity index (χ2v) is 9.36. The minimum Gasteiger partial charge on any atom is -0.338 e. The van der Waals surface area contributed by atoms with Crippen LogP contribution in [0.3, 0.4) is 0 Å². The van der Waals surface area contributed by atoms with Gasteiger partial charge in [-0.15, -0.1) is 6.58 Å². The fourth-order valence-electron chi connectivity index (χ4n) is 3.40. The Morgan fingerprint density at radius 1 is 1.21 bits per heavy atom. The van der Waals surface area contributed by atoms with Crippen molar-refractivity contribution in [3.8, 4) is 0 Å². The molecule has 1 aromatic heterocycles. The molecule has 0 radical (unpaired) electrons. The molecule has 1 aliphatic rings. The van der Waals surface area contributed by atoms with Crippen molar-refractivity contribution >= 4 is 21.7 Å². The Morgan fingerprint density at radius 2 is 1.86 bits per heavy atom. The number of hydrogen-bond acceptors (Lipinski definition) is 6. The molecule has 2 aromatic rings. The average Bonchev–Trinajstić information content (AvgIpc) is 2.70. The number of hydrogen-bond donors (Lipinski definition) is 1. The van der Waals surface area contributed by atoms with Gasteiger partial charge in [0.1, 0.15) is 0 Å². The third kappa shape index (κ3) is 5.13. The van der Waals surface area contributed by atoms with Gasteiger partial charge >= 0.3 is 0 Å². The summed E-state index contributed by atoms with van der Waals surface area (Å²) >= 11 is 0. The van der Waals surface area contributed by atoms with Crippen molar-refractivity contribution in [2.45, 2.75) is 37.6 Å². The van der Waals surface area contributed by atoms with Gasteiger partial charge in [0, 0.05) is 32.2 Å². The Kier molecular flexibility index (Phi) is 6.54. The maximum absolute atomic E-state index is 12.6. The number of anilines is 2. The van der Waals surface area contributed by atoms with Gasteiger partial charge in [0.15, 0.2) is 0 Å². The molecule has 0 amide bonds. The SMILES string of the molecule is C=CCN1CCN(c2ncc(NS(=O)(=O)c3ccc(C(C)C)cc3)cn2)C[C@@H]1C. The first kappa shape index (κ1) is 21.3. The lowest BCUT2D eigenvalue weighted by Gasteiger charge is -2.39. The van der Waals surface area contributed by atoms with E-state index >= 15 is 0 Å². The molecule has 0 aliphatic carbocycles. The molecule has 3 rings (SSSR count). The van der Waals surface area contributed by atoms with Crippen LogP contribution in [0.5, 0.6) is 0 Å². The van der Waals surface area contributed by atoms with E-state index in [4.69, 9.17) is 0 Å². The summed E-state index contributed by atoms with van der Waals surface area (Å²) in [5, 5.41) is 0. The third-order valence-corrected chi connectivity index (χ3v) is 6.56. The number of piperazine rings is 1. The van der Waals surface area contributed by atoms with Crippen molar-refractivity contribution < 1.29 is 8.42 Å². The Labute approximate surface area is 173 Å². The summed E-state index contributed by atoms with van der Waals surface area (Å²) in [4.78, 5) is 13.4. The van der Waals surface area contributed by atoms with Gasteiger partial charge in [0.2, 0.25) is 5.95 Å². The van der Waals surface area contributed by atoms with Crippen molar-refractivity contribution in [3.05, 3.63) is 54.9 Å². The van der Waals surface area contributed by atoms with Gasteiger partial charge in [-0.1, -0.05) is 32.1 Å². The highest BCUT2D eigenvalue weighted by atomic mass is 32.2. The van der Waals surface area contributed by atoms with E-state index in [1.165, 1.54) is 12.4 Å². The zero-order chi connectivity index (χ0) is 21.0. The molecule has 1 fully saturated rings. The van der Waals surface area contributed by atoms with Crippen LogP contribution < -0.4 is 9.62 Å². The maximum atomic E-state index is 12.6. The molecule has 1 N–H and O–H groups in total. The van der Waals surface area contributed by atoms with Crippen LogP contribution >= 0.6 is 0 Å². The van der Waals surface area contributed by atoms with E-state index in [2.05, 4.69) is 51.8 Å². The predicted octanol–water partition coefficient (Wildman–Crippen LogP) is 3.10. The summed E-state index contributed by atoms with van der Waals surface area (Å²) in [6.07, 6.45) is 4.95. The molecule has 0 bridgehead atoms. The summed E-state index contributed by atoms with van der Waals surface area (Å²) in [7, 11) is -3.68. The molecule has 1 aliphatic heterocycles. The molecule has 0 spiro atoms. The van der Waals surface area contributed by atoms with Crippen molar-refractivity contribution in [2.75, 3.05) is 35.8 Å². The molecular weight excluding hydrogens is 386 g/mol. The van der Waals surface area contributed by atoms with E-state index in [1.807, 2.05) is 18.2 Å². The molecule has 8 heteroatoms. The van der Waals surface area contributed by atoms with Gasteiger partial charge in [0.05, 0.1) is 23.0 Å². The van der Waals surface area contributed by atoms with Gasteiger partial charge in [0.25, 0.3) is 10.0 Å². The average molecular weight is 416 g/mol. The highest BCUT2D eigenvalue weighted by Crippen LogP contribution is 2.21. The smallest absolute Gasteiger partial charge is 0.261 e. The van der Waals surface area contributed by atoms with E-state index in [-0.39, 0.29) is 4.90 Å². The highest BCUT2D eigenvalue weighted by Gasteiger charge is 2.24. The Morgan fingerprint density at radius 3 is 2.41 bits per heavy atom. The second-order valence-electron chi connectivity index (χ2n) is 7.68. The normalized spacial score (nSPS) is 18.1. The van der Waals surface area contributed by atoms with E-state index in [0.717, 1.165) is 31.7 Å². The van der Waals surface area contributed by atoms with E-state index in [1.54, 1.807) is 12.1 Å². The van der Waals surface area contributed by atoms with Crippen molar-refractivity contribution in [2.24, 2.45) is 0 Å². The van der Waals surface area contributed by atoms with Gasteiger partial charge in [-0.25, -0.2) is 18.4 Å².